The number of hydrogen-bond acceptors (Lipinski definition) is 0. The van der Waals surface area contributed by atoms with E-state index >= 15 is 0 Å². The molecule has 0 atom stereocenters. The van der Waals surface area contributed by atoms with Crippen molar-refractivity contribution < 1.29 is 18.6 Å². The van der Waals surface area contributed by atoms with Crippen LogP contribution in [0.3, 0.4) is 0 Å². The summed E-state index contributed by atoms with van der Waals surface area (Å²) in [4.78, 5) is 0. The first-order valence-corrected chi connectivity index (χ1v) is 14.7. The second-order valence-electron chi connectivity index (χ2n) is 9.67. The maximum absolute atomic E-state index is 1.56. The molecule has 0 saturated heterocycles. The molecule has 27 heavy (non-hydrogen) atoms. The number of hydrogen-bond donors (Lipinski definition) is 0. The van der Waals surface area contributed by atoms with Crippen molar-refractivity contribution >= 4 is 17.2 Å². The van der Waals surface area contributed by atoms with Gasteiger partial charge in [0.1, 0.15) is 0 Å². The van der Waals surface area contributed by atoms with Crippen molar-refractivity contribution in [2.45, 2.75) is 151 Å². The third-order valence-electron chi connectivity index (χ3n) is 7.36. The number of rotatable bonds is 4. The molecule has 0 amide bonds. The molecule has 0 spiro atoms. The van der Waals surface area contributed by atoms with Crippen molar-refractivity contribution in [2.75, 3.05) is 0 Å². The summed E-state index contributed by atoms with van der Waals surface area (Å²) in [7, 11) is 2.66. The average molecular weight is 448 g/mol. The van der Waals surface area contributed by atoms with Crippen molar-refractivity contribution in [3.8, 4) is 0 Å². The average Bonchev–Trinajstić information content (AvgIpc) is 2.72. The fraction of sp³-hybridized carbons (Fsp3) is 1.00. The topological polar surface area (TPSA) is 0 Å². The van der Waals surface area contributed by atoms with Gasteiger partial charge < -0.3 is 0 Å². The van der Waals surface area contributed by atoms with E-state index in [2.05, 4.69) is 0 Å². The van der Waals surface area contributed by atoms with Crippen LogP contribution >= 0.6 is 17.2 Å². The Labute approximate surface area is 186 Å². The minimum Gasteiger partial charge on any atom is -0.116 e. The van der Waals surface area contributed by atoms with Gasteiger partial charge in [0.05, 0.1) is 0 Å². The molecule has 0 aromatic heterocycles. The molecule has 4 aliphatic carbocycles. The van der Waals surface area contributed by atoms with Gasteiger partial charge in [0.15, 0.2) is 0 Å². The second-order valence-corrected chi connectivity index (χ2v) is 13.6. The van der Waals surface area contributed by atoms with Crippen LogP contribution in [0.15, 0.2) is 0 Å². The molecule has 0 aromatic carbocycles. The molecule has 1 radical (unpaired) electrons. The van der Waals surface area contributed by atoms with E-state index < -0.39 is 0 Å². The van der Waals surface area contributed by atoms with Crippen molar-refractivity contribution in [3.63, 3.8) is 0 Å². The Bertz CT molecular complexity index is 272. The molecular formula is C24H46P2V. The zero-order valence-corrected chi connectivity index (χ0v) is 21.3. The monoisotopic (exact) mass is 447 g/mol. The van der Waals surface area contributed by atoms with Crippen LogP contribution in [0.1, 0.15) is 128 Å². The van der Waals surface area contributed by atoms with Gasteiger partial charge in [0.2, 0.25) is 0 Å². The van der Waals surface area contributed by atoms with Crippen LogP contribution < -0.4 is 0 Å². The van der Waals surface area contributed by atoms with Gasteiger partial charge in [-0.05, 0) is 74.0 Å². The van der Waals surface area contributed by atoms with E-state index in [-0.39, 0.29) is 18.6 Å². The van der Waals surface area contributed by atoms with E-state index in [1.807, 2.05) is 0 Å². The summed E-state index contributed by atoms with van der Waals surface area (Å²) in [5.74, 6) is 0. The molecule has 0 heterocycles. The molecular weight excluding hydrogens is 401 g/mol. The predicted octanol–water partition coefficient (Wildman–Crippen LogP) is 8.66. The maximum Gasteiger partial charge on any atom is 0 e. The molecule has 0 nitrogen and oxygen atoms in total. The Hall–Kier alpha value is 1.44. The van der Waals surface area contributed by atoms with Crippen molar-refractivity contribution in [3.05, 3.63) is 0 Å². The molecule has 0 bridgehead atoms. The standard InChI is InChI=1S/2C12H23P.V/c2*1-3-7-11(8-4-1)13-12-9-5-2-6-10-12;/h2*11-13H,1-10H2;. The van der Waals surface area contributed by atoms with E-state index in [0.717, 1.165) is 22.6 Å². The SMILES string of the molecule is C1CCC(PC2CCCCC2)CC1.C1CCC(PC2CCCCC2)CC1.[V]. The van der Waals surface area contributed by atoms with Gasteiger partial charge in [0, 0.05) is 18.6 Å². The first kappa shape index (κ1) is 24.7. The molecule has 3 heteroatoms. The zero-order valence-electron chi connectivity index (χ0n) is 17.9. The summed E-state index contributed by atoms with van der Waals surface area (Å²) >= 11 is 0. The molecule has 4 rings (SSSR count). The molecule has 4 saturated carbocycles. The van der Waals surface area contributed by atoms with Crippen LogP contribution in [0.4, 0.5) is 0 Å². The van der Waals surface area contributed by atoms with Crippen molar-refractivity contribution in [1.82, 2.24) is 0 Å². The van der Waals surface area contributed by atoms with Crippen LogP contribution in [0.5, 0.6) is 0 Å². The third kappa shape index (κ3) is 10.3. The summed E-state index contributed by atoms with van der Waals surface area (Å²) in [5.41, 5.74) is 4.60. The van der Waals surface area contributed by atoms with E-state index in [1.54, 1.807) is 51.4 Å². The van der Waals surface area contributed by atoms with E-state index in [4.69, 9.17) is 0 Å². The first-order chi connectivity index (χ1) is 12.9. The van der Waals surface area contributed by atoms with E-state index in [9.17, 15) is 0 Å². The van der Waals surface area contributed by atoms with Gasteiger partial charge >= 0.3 is 0 Å². The minimum absolute atomic E-state index is 0. The van der Waals surface area contributed by atoms with Gasteiger partial charge in [-0.15, -0.1) is 17.2 Å². The Balaban J connectivity index is 0.000000187. The predicted molar refractivity (Wildman–Crippen MR) is 124 cm³/mol. The van der Waals surface area contributed by atoms with Crippen LogP contribution in [0.2, 0.25) is 0 Å². The summed E-state index contributed by atoms with van der Waals surface area (Å²) in [6.07, 6.45) is 30.9. The molecule has 0 aromatic rings. The summed E-state index contributed by atoms with van der Waals surface area (Å²) in [6, 6.07) is 0. The van der Waals surface area contributed by atoms with Crippen LogP contribution in [0, 0.1) is 0 Å². The molecule has 157 valence electrons. The Morgan fingerprint density at radius 1 is 0.296 bits per heavy atom. The molecule has 4 aliphatic rings. The van der Waals surface area contributed by atoms with Gasteiger partial charge in [-0.25, -0.2) is 0 Å². The summed E-state index contributed by atoms with van der Waals surface area (Å²) in [6.45, 7) is 0. The van der Waals surface area contributed by atoms with Crippen LogP contribution in [-0.2, 0) is 18.6 Å². The Kier molecular flexibility index (Phi) is 14.0. The maximum atomic E-state index is 1.56. The fourth-order valence-electron chi connectivity index (χ4n) is 5.74. The van der Waals surface area contributed by atoms with Gasteiger partial charge in [-0.3, -0.25) is 0 Å². The fourth-order valence-corrected chi connectivity index (χ4v) is 10.0. The van der Waals surface area contributed by atoms with E-state index in [0.29, 0.717) is 0 Å². The molecule has 0 N–H and O–H groups in total. The summed E-state index contributed by atoms with van der Waals surface area (Å²) in [5, 5.41) is 0. The van der Waals surface area contributed by atoms with Crippen LogP contribution in [0.25, 0.3) is 0 Å². The first-order valence-electron chi connectivity index (χ1n) is 12.4. The second kappa shape index (κ2) is 15.3. The van der Waals surface area contributed by atoms with Gasteiger partial charge in [0.25, 0.3) is 0 Å². The van der Waals surface area contributed by atoms with E-state index in [1.165, 1.54) is 94.2 Å². The molecule has 0 unspecified atom stereocenters. The quantitative estimate of drug-likeness (QED) is 0.378. The molecule has 0 aliphatic heterocycles. The van der Waals surface area contributed by atoms with Gasteiger partial charge in [-0.2, -0.15) is 0 Å². The minimum atomic E-state index is 0. The zero-order chi connectivity index (χ0) is 17.9. The third-order valence-corrected chi connectivity index (χ3v) is 11.6. The Morgan fingerprint density at radius 2 is 0.481 bits per heavy atom. The Morgan fingerprint density at radius 3 is 0.667 bits per heavy atom. The smallest absolute Gasteiger partial charge is 0 e. The molecule has 4 fully saturated rings. The summed E-state index contributed by atoms with van der Waals surface area (Å²) < 4.78 is 0. The van der Waals surface area contributed by atoms with Crippen molar-refractivity contribution in [1.29, 1.82) is 0 Å². The van der Waals surface area contributed by atoms with Gasteiger partial charge in [-0.1, -0.05) is 77.0 Å². The largest absolute Gasteiger partial charge is 0.116 e. The van der Waals surface area contributed by atoms with Crippen molar-refractivity contribution in [2.24, 2.45) is 0 Å². The normalized spacial score (nSPS) is 26.7. The van der Waals surface area contributed by atoms with Crippen LogP contribution in [-0.4, -0.2) is 22.6 Å².